The standard InChI is InChI=1S/C20H19NO5/c1-14-5-2-3-8-17(14)25-11-12-26-20(24)15-6-4-7-16(13-15)21-18(22)9-10-19(21)23/h2-8,13H,9-12H2,1H3. The molecule has 0 N–H and O–H groups in total. The van der Waals surface area contributed by atoms with Crippen molar-refractivity contribution in [1.29, 1.82) is 0 Å². The van der Waals surface area contributed by atoms with Crippen LogP contribution in [0.4, 0.5) is 5.69 Å². The van der Waals surface area contributed by atoms with Gasteiger partial charge < -0.3 is 9.47 Å². The van der Waals surface area contributed by atoms with E-state index >= 15 is 0 Å². The van der Waals surface area contributed by atoms with Crippen molar-refractivity contribution in [2.24, 2.45) is 0 Å². The SMILES string of the molecule is Cc1ccccc1OCCOC(=O)c1cccc(N2C(=O)CCC2=O)c1. The first kappa shape index (κ1) is 17.7. The first-order valence-electron chi connectivity index (χ1n) is 8.37. The van der Waals surface area contributed by atoms with Crippen LogP contribution in [-0.2, 0) is 14.3 Å². The van der Waals surface area contributed by atoms with Crippen LogP contribution in [0.5, 0.6) is 5.75 Å². The van der Waals surface area contributed by atoms with Gasteiger partial charge in [-0.3, -0.25) is 14.5 Å². The van der Waals surface area contributed by atoms with Gasteiger partial charge in [0.1, 0.15) is 19.0 Å². The molecule has 0 unspecified atom stereocenters. The van der Waals surface area contributed by atoms with Crippen LogP contribution >= 0.6 is 0 Å². The summed E-state index contributed by atoms with van der Waals surface area (Å²) in [5.41, 5.74) is 1.68. The minimum absolute atomic E-state index is 0.0962. The molecule has 2 aromatic rings. The largest absolute Gasteiger partial charge is 0.490 e. The molecular formula is C20H19NO5. The van der Waals surface area contributed by atoms with E-state index < -0.39 is 5.97 Å². The molecule has 2 aromatic carbocycles. The molecule has 1 saturated heterocycles. The number of carbonyl (C=O) groups is 3. The molecule has 2 amide bonds. The number of esters is 1. The zero-order valence-electron chi connectivity index (χ0n) is 14.4. The Hall–Kier alpha value is -3.15. The lowest BCUT2D eigenvalue weighted by Gasteiger charge is -2.14. The average molecular weight is 353 g/mol. The first-order valence-corrected chi connectivity index (χ1v) is 8.37. The summed E-state index contributed by atoms with van der Waals surface area (Å²) >= 11 is 0. The number of imide groups is 1. The zero-order chi connectivity index (χ0) is 18.5. The molecule has 6 heteroatoms. The van der Waals surface area contributed by atoms with Gasteiger partial charge in [0.25, 0.3) is 0 Å². The quantitative estimate of drug-likeness (QED) is 0.454. The minimum atomic E-state index is -0.528. The van der Waals surface area contributed by atoms with Crippen molar-refractivity contribution in [2.45, 2.75) is 19.8 Å². The van der Waals surface area contributed by atoms with Crippen molar-refractivity contribution in [3.05, 3.63) is 59.7 Å². The molecular weight excluding hydrogens is 334 g/mol. The number of nitrogens with zero attached hydrogens (tertiary/aromatic N) is 1. The maximum Gasteiger partial charge on any atom is 0.338 e. The maximum atomic E-state index is 12.2. The highest BCUT2D eigenvalue weighted by atomic mass is 16.6. The Kier molecular flexibility index (Phi) is 5.31. The lowest BCUT2D eigenvalue weighted by molar-refractivity contribution is -0.121. The van der Waals surface area contributed by atoms with E-state index in [2.05, 4.69) is 0 Å². The molecule has 26 heavy (non-hydrogen) atoms. The van der Waals surface area contributed by atoms with Crippen LogP contribution in [0, 0.1) is 6.92 Å². The fourth-order valence-electron chi connectivity index (χ4n) is 2.72. The summed E-state index contributed by atoms with van der Waals surface area (Å²) in [5.74, 6) is -0.296. The van der Waals surface area contributed by atoms with Gasteiger partial charge in [-0.1, -0.05) is 24.3 Å². The second-order valence-electron chi connectivity index (χ2n) is 5.92. The molecule has 1 heterocycles. The summed E-state index contributed by atoms with van der Waals surface area (Å²) in [4.78, 5) is 36.9. The summed E-state index contributed by atoms with van der Waals surface area (Å²) < 4.78 is 10.8. The maximum absolute atomic E-state index is 12.2. The molecule has 3 rings (SSSR count). The fourth-order valence-corrected chi connectivity index (χ4v) is 2.72. The van der Waals surface area contributed by atoms with Gasteiger partial charge in [0.2, 0.25) is 11.8 Å². The van der Waals surface area contributed by atoms with Crippen LogP contribution in [0.3, 0.4) is 0 Å². The molecule has 1 aliphatic heterocycles. The number of hydrogen-bond donors (Lipinski definition) is 0. The Morgan fingerprint density at radius 3 is 2.46 bits per heavy atom. The van der Waals surface area contributed by atoms with E-state index in [1.807, 2.05) is 31.2 Å². The summed E-state index contributed by atoms with van der Waals surface area (Å²) in [6.07, 6.45) is 0.396. The van der Waals surface area contributed by atoms with E-state index in [0.29, 0.717) is 5.69 Å². The number of amides is 2. The molecule has 0 bridgehead atoms. The highest BCUT2D eigenvalue weighted by molar-refractivity contribution is 6.20. The number of rotatable bonds is 6. The molecule has 0 radical (unpaired) electrons. The van der Waals surface area contributed by atoms with Crippen molar-refractivity contribution in [1.82, 2.24) is 0 Å². The molecule has 134 valence electrons. The van der Waals surface area contributed by atoms with Crippen molar-refractivity contribution in [3.8, 4) is 5.75 Å². The molecule has 1 aliphatic rings. The summed E-state index contributed by atoms with van der Waals surface area (Å²) in [7, 11) is 0. The Bertz CT molecular complexity index is 830. The van der Waals surface area contributed by atoms with Gasteiger partial charge in [0.15, 0.2) is 0 Å². The third-order valence-corrected chi connectivity index (χ3v) is 4.06. The predicted octanol–water partition coefficient (Wildman–Crippen LogP) is 2.88. The topological polar surface area (TPSA) is 72.9 Å². The highest BCUT2D eigenvalue weighted by Crippen LogP contribution is 2.23. The van der Waals surface area contributed by atoms with E-state index in [4.69, 9.17) is 9.47 Å². The highest BCUT2D eigenvalue weighted by Gasteiger charge is 2.30. The average Bonchev–Trinajstić information content (AvgIpc) is 2.98. The van der Waals surface area contributed by atoms with E-state index in [0.717, 1.165) is 16.2 Å². The van der Waals surface area contributed by atoms with Gasteiger partial charge in [-0.25, -0.2) is 4.79 Å². The lowest BCUT2D eigenvalue weighted by Crippen LogP contribution is -2.28. The Labute approximate surface area is 151 Å². The number of ether oxygens (including phenoxy) is 2. The van der Waals surface area contributed by atoms with Crippen molar-refractivity contribution < 1.29 is 23.9 Å². The monoisotopic (exact) mass is 353 g/mol. The van der Waals surface area contributed by atoms with Crippen molar-refractivity contribution in [3.63, 3.8) is 0 Å². The van der Waals surface area contributed by atoms with Crippen molar-refractivity contribution >= 4 is 23.5 Å². The van der Waals surface area contributed by atoms with Gasteiger partial charge in [0, 0.05) is 12.8 Å². The van der Waals surface area contributed by atoms with Crippen LogP contribution < -0.4 is 9.64 Å². The van der Waals surface area contributed by atoms with Gasteiger partial charge in [-0.2, -0.15) is 0 Å². The van der Waals surface area contributed by atoms with Crippen LogP contribution in [0.15, 0.2) is 48.5 Å². The van der Waals surface area contributed by atoms with E-state index in [1.54, 1.807) is 18.2 Å². The Balaban J connectivity index is 1.57. The number of aryl methyl sites for hydroxylation is 1. The van der Waals surface area contributed by atoms with Crippen LogP contribution in [0.1, 0.15) is 28.8 Å². The van der Waals surface area contributed by atoms with Gasteiger partial charge in [-0.05, 0) is 36.8 Å². The number of para-hydroxylation sites is 1. The Morgan fingerprint density at radius 2 is 1.73 bits per heavy atom. The smallest absolute Gasteiger partial charge is 0.338 e. The predicted molar refractivity (Wildman–Crippen MR) is 95.1 cm³/mol. The number of anilines is 1. The summed E-state index contributed by atoms with van der Waals surface area (Å²) in [6.45, 7) is 2.27. The zero-order valence-corrected chi connectivity index (χ0v) is 14.4. The van der Waals surface area contributed by atoms with Gasteiger partial charge in [0.05, 0.1) is 11.3 Å². The molecule has 0 aromatic heterocycles. The summed E-state index contributed by atoms with van der Waals surface area (Å²) in [5, 5.41) is 0. The first-order chi connectivity index (χ1) is 12.6. The van der Waals surface area contributed by atoms with Gasteiger partial charge in [-0.15, -0.1) is 0 Å². The fraction of sp³-hybridized carbons (Fsp3) is 0.250. The normalized spacial score (nSPS) is 13.8. The lowest BCUT2D eigenvalue weighted by atomic mass is 10.2. The Morgan fingerprint density at radius 1 is 1.00 bits per heavy atom. The number of benzene rings is 2. The van der Waals surface area contributed by atoms with E-state index in [9.17, 15) is 14.4 Å². The second-order valence-corrected chi connectivity index (χ2v) is 5.92. The minimum Gasteiger partial charge on any atom is -0.490 e. The van der Waals surface area contributed by atoms with E-state index in [1.165, 1.54) is 6.07 Å². The summed E-state index contributed by atoms with van der Waals surface area (Å²) in [6, 6.07) is 13.9. The molecule has 0 spiro atoms. The molecule has 0 atom stereocenters. The second kappa shape index (κ2) is 7.82. The molecule has 0 saturated carbocycles. The van der Waals surface area contributed by atoms with Crippen molar-refractivity contribution in [2.75, 3.05) is 18.1 Å². The van der Waals surface area contributed by atoms with E-state index in [-0.39, 0.29) is 43.4 Å². The third kappa shape index (κ3) is 3.91. The third-order valence-electron chi connectivity index (χ3n) is 4.06. The number of carbonyl (C=O) groups excluding carboxylic acids is 3. The molecule has 1 fully saturated rings. The molecule has 6 nitrogen and oxygen atoms in total. The van der Waals surface area contributed by atoms with Crippen LogP contribution in [-0.4, -0.2) is 31.0 Å². The van der Waals surface area contributed by atoms with Crippen LogP contribution in [0.2, 0.25) is 0 Å². The van der Waals surface area contributed by atoms with Gasteiger partial charge >= 0.3 is 5.97 Å². The van der Waals surface area contributed by atoms with Crippen LogP contribution in [0.25, 0.3) is 0 Å². The number of hydrogen-bond acceptors (Lipinski definition) is 5. The molecule has 0 aliphatic carbocycles.